The Kier molecular flexibility index (Phi) is 4.34. The molecule has 6 nitrogen and oxygen atoms in total. The summed E-state index contributed by atoms with van der Waals surface area (Å²) in [6, 6.07) is 2.25. The molecular weight excluding hydrogens is 268 g/mol. The van der Waals surface area contributed by atoms with Crippen LogP contribution in [0.15, 0.2) is 12.4 Å². The molecule has 1 atom stereocenters. The Morgan fingerprint density at radius 2 is 2.14 bits per heavy atom. The van der Waals surface area contributed by atoms with Gasteiger partial charge in [-0.05, 0) is 26.2 Å². The van der Waals surface area contributed by atoms with E-state index in [1.54, 1.807) is 6.33 Å². The highest BCUT2D eigenvalue weighted by atomic mass is 16.5. The fraction of sp³-hybridized carbons (Fsp3) is 0.667. The van der Waals surface area contributed by atoms with Gasteiger partial charge >= 0.3 is 0 Å². The highest BCUT2D eigenvalue weighted by Crippen LogP contribution is 2.22. The van der Waals surface area contributed by atoms with Crippen LogP contribution in [0.3, 0.4) is 0 Å². The molecule has 2 aliphatic heterocycles. The van der Waals surface area contributed by atoms with Crippen LogP contribution in [0.4, 0.5) is 5.82 Å². The van der Waals surface area contributed by atoms with Crippen molar-refractivity contribution in [1.29, 1.82) is 0 Å². The fourth-order valence-electron chi connectivity index (χ4n) is 2.96. The summed E-state index contributed by atoms with van der Waals surface area (Å²) in [4.78, 5) is 22.9. The average molecular weight is 290 g/mol. The standard InChI is InChI=1S/C15H22N4O2/c1-11-8-14(17-10-16-11)19-5-2-12(9-19)15(20)18-13-3-6-21-7-4-13/h8,10,12-13H,2-7,9H2,1H3,(H,18,20). The third-order valence-electron chi connectivity index (χ3n) is 4.24. The molecule has 21 heavy (non-hydrogen) atoms. The number of nitrogens with one attached hydrogen (secondary N) is 1. The summed E-state index contributed by atoms with van der Waals surface area (Å²) >= 11 is 0. The lowest BCUT2D eigenvalue weighted by atomic mass is 10.1. The molecule has 3 heterocycles. The lowest BCUT2D eigenvalue weighted by Crippen LogP contribution is -2.42. The van der Waals surface area contributed by atoms with E-state index in [1.807, 2.05) is 13.0 Å². The SMILES string of the molecule is Cc1cc(N2CCC(C(=O)NC3CCOCC3)C2)ncn1. The number of carbonyl (C=O) groups is 1. The molecule has 114 valence electrons. The summed E-state index contributed by atoms with van der Waals surface area (Å²) < 4.78 is 5.32. The Balaban J connectivity index is 1.55. The highest BCUT2D eigenvalue weighted by molar-refractivity contribution is 5.80. The first-order valence-electron chi connectivity index (χ1n) is 7.64. The van der Waals surface area contributed by atoms with Crippen molar-refractivity contribution in [2.75, 3.05) is 31.2 Å². The zero-order valence-corrected chi connectivity index (χ0v) is 12.4. The predicted molar refractivity (Wildman–Crippen MR) is 79.1 cm³/mol. The van der Waals surface area contributed by atoms with Crippen LogP contribution in [0.1, 0.15) is 25.0 Å². The largest absolute Gasteiger partial charge is 0.381 e. The van der Waals surface area contributed by atoms with Gasteiger partial charge in [0.25, 0.3) is 0 Å². The van der Waals surface area contributed by atoms with Crippen molar-refractivity contribution in [3.05, 3.63) is 18.1 Å². The van der Waals surface area contributed by atoms with Crippen molar-refractivity contribution in [3.63, 3.8) is 0 Å². The van der Waals surface area contributed by atoms with Crippen molar-refractivity contribution in [3.8, 4) is 0 Å². The highest BCUT2D eigenvalue weighted by Gasteiger charge is 2.30. The van der Waals surface area contributed by atoms with Crippen LogP contribution in [-0.2, 0) is 9.53 Å². The second-order valence-corrected chi connectivity index (χ2v) is 5.84. The molecule has 0 aromatic carbocycles. The molecule has 0 spiro atoms. The average Bonchev–Trinajstić information content (AvgIpc) is 2.98. The van der Waals surface area contributed by atoms with Crippen LogP contribution in [0.25, 0.3) is 0 Å². The Morgan fingerprint density at radius 3 is 2.90 bits per heavy atom. The first-order chi connectivity index (χ1) is 10.2. The zero-order chi connectivity index (χ0) is 14.7. The van der Waals surface area contributed by atoms with Gasteiger partial charge in [-0.3, -0.25) is 4.79 Å². The summed E-state index contributed by atoms with van der Waals surface area (Å²) in [6.45, 7) is 5.08. The third-order valence-corrected chi connectivity index (χ3v) is 4.24. The molecule has 2 fully saturated rings. The lowest BCUT2D eigenvalue weighted by Gasteiger charge is -2.24. The maximum absolute atomic E-state index is 12.3. The van der Waals surface area contributed by atoms with Crippen LogP contribution in [0.2, 0.25) is 0 Å². The molecule has 1 amide bonds. The van der Waals surface area contributed by atoms with Crippen LogP contribution >= 0.6 is 0 Å². The Bertz CT molecular complexity index is 502. The van der Waals surface area contributed by atoms with Crippen molar-refractivity contribution in [2.24, 2.45) is 5.92 Å². The second-order valence-electron chi connectivity index (χ2n) is 5.84. The minimum atomic E-state index is 0.0584. The predicted octanol–water partition coefficient (Wildman–Crippen LogP) is 0.907. The van der Waals surface area contributed by atoms with Crippen LogP contribution < -0.4 is 10.2 Å². The molecule has 1 aromatic rings. The minimum Gasteiger partial charge on any atom is -0.381 e. The van der Waals surface area contributed by atoms with Gasteiger partial charge in [0.1, 0.15) is 12.1 Å². The topological polar surface area (TPSA) is 67.4 Å². The number of rotatable bonds is 3. The Hall–Kier alpha value is -1.69. The third kappa shape index (κ3) is 3.50. The maximum atomic E-state index is 12.3. The number of hydrogen-bond acceptors (Lipinski definition) is 5. The van der Waals surface area contributed by atoms with E-state index >= 15 is 0 Å². The van der Waals surface area contributed by atoms with Gasteiger partial charge in [-0.2, -0.15) is 0 Å². The normalized spacial score (nSPS) is 23.3. The minimum absolute atomic E-state index is 0.0584. The number of aryl methyl sites for hydroxylation is 1. The van der Waals surface area contributed by atoms with Crippen molar-refractivity contribution < 1.29 is 9.53 Å². The molecule has 1 aromatic heterocycles. The molecule has 3 rings (SSSR count). The first-order valence-corrected chi connectivity index (χ1v) is 7.64. The number of carbonyl (C=O) groups excluding carboxylic acids is 1. The number of nitrogens with zero attached hydrogens (tertiary/aromatic N) is 3. The maximum Gasteiger partial charge on any atom is 0.225 e. The van der Waals surface area contributed by atoms with Crippen LogP contribution in [0.5, 0.6) is 0 Å². The van der Waals surface area contributed by atoms with E-state index in [0.717, 1.165) is 57.1 Å². The summed E-state index contributed by atoms with van der Waals surface area (Å²) in [5, 5.41) is 3.17. The first kappa shape index (κ1) is 14.3. The summed E-state index contributed by atoms with van der Waals surface area (Å²) in [5.41, 5.74) is 0.954. The van der Waals surface area contributed by atoms with Gasteiger partial charge in [-0.1, -0.05) is 0 Å². The fourth-order valence-corrected chi connectivity index (χ4v) is 2.96. The van der Waals surface area contributed by atoms with E-state index in [9.17, 15) is 4.79 Å². The van der Waals surface area contributed by atoms with Gasteiger partial charge in [0.2, 0.25) is 5.91 Å². The van der Waals surface area contributed by atoms with Gasteiger partial charge < -0.3 is 15.0 Å². The molecule has 6 heteroatoms. The van der Waals surface area contributed by atoms with E-state index in [1.165, 1.54) is 0 Å². The van der Waals surface area contributed by atoms with Crippen LogP contribution in [-0.4, -0.2) is 48.2 Å². The van der Waals surface area contributed by atoms with E-state index in [4.69, 9.17) is 4.74 Å². The molecule has 1 N–H and O–H groups in total. The molecular formula is C15H22N4O2. The van der Waals surface area contributed by atoms with E-state index in [0.29, 0.717) is 0 Å². The van der Waals surface area contributed by atoms with E-state index < -0.39 is 0 Å². The number of amides is 1. The molecule has 0 bridgehead atoms. The van der Waals surface area contributed by atoms with Gasteiger partial charge in [0.15, 0.2) is 0 Å². The van der Waals surface area contributed by atoms with E-state index in [-0.39, 0.29) is 17.9 Å². The quantitative estimate of drug-likeness (QED) is 0.896. The second kappa shape index (κ2) is 6.39. The molecule has 0 saturated carbocycles. The number of aromatic nitrogens is 2. The number of hydrogen-bond donors (Lipinski definition) is 1. The van der Waals surface area contributed by atoms with Gasteiger partial charge in [-0.15, -0.1) is 0 Å². The molecule has 2 aliphatic rings. The summed E-state index contributed by atoms with van der Waals surface area (Å²) in [6.07, 6.45) is 4.32. The molecule has 2 saturated heterocycles. The van der Waals surface area contributed by atoms with Gasteiger partial charge in [0, 0.05) is 44.1 Å². The lowest BCUT2D eigenvalue weighted by molar-refractivity contribution is -0.125. The van der Waals surface area contributed by atoms with Crippen LogP contribution in [0, 0.1) is 12.8 Å². The molecule has 0 aliphatic carbocycles. The van der Waals surface area contributed by atoms with E-state index in [2.05, 4.69) is 20.2 Å². The number of anilines is 1. The van der Waals surface area contributed by atoms with Gasteiger partial charge in [0.05, 0.1) is 5.92 Å². The Morgan fingerprint density at radius 1 is 1.33 bits per heavy atom. The monoisotopic (exact) mass is 290 g/mol. The molecule has 0 radical (unpaired) electrons. The van der Waals surface area contributed by atoms with Gasteiger partial charge in [-0.25, -0.2) is 9.97 Å². The summed E-state index contributed by atoms with van der Waals surface area (Å²) in [7, 11) is 0. The smallest absolute Gasteiger partial charge is 0.225 e. The zero-order valence-electron chi connectivity index (χ0n) is 12.4. The number of ether oxygens (including phenoxy) is 1. The summed E-state index contributed by atoms with van der Waals surface area (Å²) in [5.74, 6) is 1.15. The Labute approximate surface area is 124 Å². The molecule has 1 unspecified atom stereocenters. The van der Waals surface area contributed by atoms with Crippen molar-refractivity contribution in [2.45, 2.75) is 32.2 Å². The van der Waals surface area contributed by atoms with Crippen molar-refractivity contribution in [1.82, 2.24) is 15.3 Å². The van der Waals surface area contributed by atoms with Crippen molar-refractivity contribution >= 4 is 11.7 Å².